The summed E-state index contributed by atoms with van der Waals surface area (Å²) in [5.41, 5.74) is 0. The molecular formula is H2O9P2W. The molecule has 0 rings (SSSR count). The van der Waals surface area contributed by atoms with Gasteiger partial charge in [-0.15, -0.1) is 0 Å². The van der Waals surface area contributed by atoms with Crippen molar-refractivity contribution in [3.05, 3.63) is 0 Å². The van der Waals surface area contributed by atoms with E-state index in [0.717, 1.165) is 0 Å². The number of rotatable bonds is 0. The van der Waals surface area contributed by atoms with Crippen molar-refractivity contribution in [1.82, 2.24) is 0 Å². The quantitative estimate of drug-likeness (QED) is 0.362. The molecule has 0 atom stereocenters. The largest absolute Gasteiger partial charge is 6.00 e. The number of phosphoric acid groups is 2. The second kappa shape index (κ2) is 8.47. The molecule has 2 N–H and O–H groups in total. The topological polar surface area (TPSA) is 204 Å². The summed E-state index contributed by atoms with van der Waals surface area (Å²) >= 11 is 0. The van der Waals surface area contributed by atoms with Crippen molar-refractivity contribution in [2.24, 2.45) is 0 Å². The van der Waals surface area contributed by atoms with Crippen LogP contribution in [0.25, 0.3) is 0 Å². The molecule has 0 saturated heterocycles. The van der Waals surface area contributed by atoms with Gasteiger partial charge in [0.2, 0.25) is 0 Å². The van der Waals surface area contributed by atoms with E-state index in [0.29, 0.717) is 0 Å². The van der Waals surface area contributed by atoms with Gasteiger partial charge < -0.3 is 44.0 Å². The molecule has 0 heterocycles. The summed E-state index contributed by atoms with van der Waals surface area (Å²) < 4.78 is 17.1. The monoisotopic (exact) mass is 392 g/mol. The van der Waals surface area contributed by atoms with Gasteiger partial charge in [0.05, 0.1) is 0 Å². The molecule has 0 aromatic rings. The van der Waals surface area contributed by atoms with Crippen molar-refractivity contribution < 1.29 is 65.0 Å². The van der Waals surface area contributed by atoms with Crippen molar-refractivity contribution in [1.29, 1.82) is 0 Å². The smallest absolute Gasteiger partial charge is 0.822 e. The van der Waals surface area contributed by atoms with Gasteiger partial charge in [-0.2, -0.15) is 15.6 Å². The van der Waals surface area contributed by atoms with Crippen LogP contribution >= 0.6 is 15.6 Å². The van der Waals surface area contributed by atoms with Crippen LogP contribution in [0.1, 0.15) is 0 Å². The third kappa shape index (κ3) is 1400. The summed E-state index contributed by atoms with van der Waals surface area (Å²) in [5, 5.41) is 0. The van der Waals surface area contributed by atoms with Crippen LogP contribution < -0.4 is 29.4 Å². The maximum atomic E-state index is 8.55. The van der Waals surface area contributed by atoms with Gasteiger partial charge in [0, 0.05) is 0 Å². The van der Waals surface area contributed by atoms with Gasteiger partial charge in [0.25, 0.3) is 0 Å². The van der Waals surface area contributed by atoms with E-state index in [4.69, 9.17) is 38.5 Å². The SMILES string of the molecule is O.O=P([O-])([O-])[O-].O=P([O-])([O-])[O-].[W+6]. The molecule has 0 aliphatic carbocycles. The van der Waals surface area contributed by atoms with Crippen LogP contribution in [0.3, 0.4) is 0 Å². The predicted molar refractivity (Wildman–Crippen MR) is 18.8 cm³/mol. The normalized spacial score (nSPS) is 9.83. The Morgan fingerprint density at radius 1 is 0.667 bits per heavy atom. The first-order chi connectivity index (χ1) is 4.00. The molecule has 9 nitrogen and oxygen atoms in total. The molecule has 0 aromatic heterocycles. The summed E-state index contributed by atoms with van der Waals surface area (Å²) in [6.45, 7) is 0. The molecule has 0 aromatic carbocycles. The molecule has 72 valence electrons. The van der Waals surface area contributed by atoms with Gasteiger partial charge in [0.15, 0.2) is 0 Å². The zero-order chi connectivity index (χ0) is 9.00. The summed E-state index contributed by atoms with van der Waals surface area (Å²) in [5.74, 6) is 0. The fraction of sp³-hybridized carbons (Fsp3) is 0. The van der Waals surface area contributed by atoms with Crippen molar-refractivity contribution in [2.45, 2.75) is 0 Å². The molecular weight excluding hydrogens is 390 g/mol. The molecule has 0 unspecified atom stereocenters. The molecule has 0 saturated carbocycles. The molecule has 0 aliphatic heterocycles. The first-order valence-corrected chi connectivity index (χ1v) is 4.38. The molecule has 0 bridgehead atoms. The van der Waals surface area contributed by atoms with Gasteiger partial charge in [0.1, 0.15) is 0 Å². The Hall–Kier alpha value is 0.868. The van der Waals surface area contributed by atoms with E-state index in [1.807, 2.05) is 0 Å². The Morgan fingerprint density at radius 2 is 0.667 bits per heavy atom. The van der Waals surface area contributed by atoms with Gasteiger partial charge in [-0.05, 0) is 0 Å². The fourth-order valence-electron chi connectivity index (χ4n) is 0. The maximum Gasteiger partial charge on any atom is 6.00 e. The van der Waals surface area contributed by atoms with Crippen LogP contribution in [0.2, 0.25) is 0 Å². The van der Waals surface area contributed by atoms with E-state index < -0.39 is 15.6 Å². The van der Waals surface area contributed by atoms with Crippen LogP contribution in [-0.2, 0) is 30.2 Å². The fourth-order valence-corrected chi connectivity index (χ4v) is 0. The summed E-state index contributed by atoms with van der Waals surface area (Å²) in [7, 11) is -10.8. The molecule has 0 spiro atoms. The minimum atomic E-state index is -5.39. The van der Waals surface area contributed by atoms with E-state index in [1.165, 1.54) is 0 Å². The van der Waals surface area contributed by atoms with Gasteiger partial charge in [-0.3, -0.25) is 0 Å². The third-order valence-corrected chi connectivity index (χ3v) is 0. The Bertz CT molecular complexity index is 125. The Morgan fingerprint density at radius 3 is 0.667 bits per heavy atom. The first kappa shape index (κ1) is 23.0. The minimum Gasteiger partial charge on any atom is -0.822 e. The molecule has 0 radical (unpaired) electrons. The molecule has 12 heteroatoms. The van der Waals surface area contributed by atoms with Crippen LogP contribution in [0.5, 0.6) is 0 Å². The second-order valence-electron chi connectivity index (χ2n) is 0.894. The Balaban J connectivity index is -0.0000000457. The van der Waals surface area contributed by atoms with E-state index in [2.05, 4.69) is 0 Å². The zero-order valence-corrected chi connectivity index (χ0v) is 9.79. The minimum absolute atomic E-state index is 0. The Kier molecular flexibility index (Phi) is 16.3. The average molecular weight is 392 g/mol. The van der Waals surface area contributed by atoms with Crippen molar-refractivity contribution in [2.75, 3.05) is 0 Å². The second-order valence-corrected chi connectivity index (χ2v) is 2.68. The maximum absolute atomic E-state index is 8.55. The predicted octanol–water partition coefficient (Wildman–Crippen LogP) is -6.48. The van der Waals surface area contributed by atoms with Crippen LogP contribution in [0.15, 0.2) is 0 Å². The Labute approximate surface area is 81.1 Å². The third-order valence-electron chi connectivity index (χ3n) is 0. The molecule has 0 amide bonds. The zero-order valence-electron chi connectivity index (χ0n) is 5.07. The number of hydrogen-bond donors (Lipinski definition) is 0. The van der Waals surface area contributed by atoms with Gasteiger partial charge in [-0.1, -0.05) is 0 Å². The average Bonchev–Trinajstić information content (AvgIpc) is 1.12. The standard InChI is InChI=1S/2H3O4P.H2O.W/c2*1-5(2,3)4;;/h2*(H3,1,2,3,4);1H2;/q;;;+6/p-6. The van der Waals surface area contributed by atoms with Crippen molar-refractivity contribution in [3.63, 3.8) is 0 Å². The molecule has 0 aliphatic rings. The summed E-state index contributed by atoms with van der Waals surface area (Å²) in [4.78, 5) is 51.3. The number of hydrogen-bond acceptors (Lipinski definition) is 8. The van der Waals surface area contributed by atoms with Crippen LogP contribution in [-0.4, -0.2) is 5.48 Å². The van der Waals surface area contributed by atoms with Crippen molar-refractivity contribution >= 4 is 15.6 Å². The van der Waals surface area contributed by atoms with Gasteiger partial charge in [-0.25, -0.2) is 0 Å². The van der Waals surface area contributed by atoms with Crippen molar-refractivity contribution in [3.8, 4) is 0 Å². The summed E-state index contributed by atoms with van der Waals surface area (Å²) in [6, 6.07) is 0. The van der Waals surface area contributed by atoms with E-state index in [9.17, 15) is 0 Å². The van der Waals surface area contributed by atoms with Crippen LogP contribution in [0, 0.1) is 0 Å². The molecule has 12 heavy (non-hydrogen) atoms. The summed E-state index contributed by atoms with van der Waals surface area (Å²) in [6.07, 6.45) is 0. The first-order valence-electron chi connectivity index (χ1n) is 1.46. The molecule has 0 fully saturated rings. The van der Waals surface area contributed by atoms with Gasteiger partial charge >= 0.3 is 21.1 Å². The van der Waals surface area contributed by atoms with E-state index in [1.54, 1.807) is 0 Å². The van der Waals surface area contributed by atoms with E-state index in [-0.39, 0.29) is 26.5 Å². The van der Waals surface area contributed by atoms with Crippen LogP contribution in [0.4, 0.5) is 0 Å². The van der Waals surface area contributed by atoms with E-state index >= 15 is 0 Å².